The Morgan fingerprint density at radius 1 is 1.13 bits per heavy atom. The Balaban J connectivity index is 2.24. The summed E-state index contributed by atoms with van der Waals surface area (Å²) < 4.78 is 5.19. The Bertz CT molecular complexity index is 613. The average molecular weight is 329 g/mol. The zero-order valence-corrected chi connectivity index (χ0v) is 14.6. The lowest BCUT2D eigenvalue weighted by Gasteiger charge is -2.25. The molecule has 0 bridgehead atoms. The highest BCUT2D eigenvalue weighted by Gasteiger charge is 2.25. The minimum atomic E-state index is -0.121. The third-order valence-corrected chi connectivity index (χ3v) is 4.67. The van der Waals surface area contributed by atoms with E-state index in [1.165, 1.54) is 11.8 Å². The van der Waals surface area contributed by atoms with Crippen LogP contribution < -0.4 is 10.1 Å². The summed E-state index contributed by atoms with van der Waals surface area (Å²) in [6.45, 7) is 3.99. The van der Waals surface area contributed by atoms with E-state index < -0.39 is 0 Å². The van der Waals surface area contributed by atoms with Gasteiger partial charge in [0.2, 0.25) is 0 Å². The van der Waals surface area contributed by atoms with E-state index in [0.717, 1.165) is 22.8 Å². The Hall–Kier alpha value is -1.94. The van der Waals surface area contributed by atoms with Gasteiger partial charge in [0.25, 0.3) is 0 Å². The van der Waals surface area contributed by atoms with Gasteiger partial charge >= 0.3 is 0 Å². The van der Waals surface area contributed by atoms with Crippen molar-refractivity contribution in [2.75, 3.05) is 18.2 Å². The second-order valence-electron chi connectivity index (χ2n) is 5.30. The fourth-order valence-corrected chi connectivity index (χ4v) is 3.12. The third kappa shape index (κ3) is 4.76. The van der Waals surface area contributed by atoms with E-state index >= 15 is 0 Å². The van der Waals surface area contributed by atoms with Crippen molar-refractivity contribution in [2.24, 2.45) is 5.92 Å². The largest absolute Gasteiger partial charge is 0.497 e. The monoisotopic (exact) mass is 329 g/mol. The molecule has 0 fully saturated rings. The van der Waals surface area contributed by atoms with Crippen LogP contribution >= 0.6 is 11.8 Å². The molecule has 0 heterocycles. The number of hydrogen-bond donors (Lipinski definition) is 1. The summed E-state index contributed by atoms with van der Waals surface area (Å²) >= 11 is 1.38. The van der Waals surface area contributed by atoms with Crippen LogP contribution in [0.2, 0.25) is 0 Å². The lowest BCUT2D eigenvalue weighted by atomic mass is 9.95. The molecule has 0 aromatic heterocycles. The summed E-state index contributed by atoms with van der Waals surface area (Å²) in [5.74, 6) is 1.50. The topological polar surface area (TPSA) is 38.3 Å². The second kappa shape index (κ2) is 8.63. The van der Waals surface area contributed by atoms with Crippen molar-refractivity contribution in [3.8, 4) is 5.75 Å². The first kappa shape index (κ1) is 17.4. The standard InChI is InChI=1S/C19H23NO2S/c1-4-23-19(21)14(2)18(15-8-6-5-7-9-15)20-16-10-12-17(22-3)13-11-16/h5-14,18,20H,4H2,1-3H3. The highest BCUT2D eigenvalue weighted by molar-refractivity contribution is 8.13. The SMILES string of the molecule is CCSC(=O)C(C)C(Nc1ccc(OC)cc1)c1ccccc1. The van der Waals surface area contributed by atoms with Gasteiger partial charge in [-0.25, -0.2) is 0 Å². The maximum Gasteiger partial charge on any atom is 0.194 e. The highest BCUT2D eigenvalue weighted by atomic mass is 32.2. The number of nitrogens with one attached hydrogen (secondary N) is 1. The molecule has 0 saturated carbocycles. The van der Waals surface area contributed by atoms with E-state index in [9.17, 15) is 4.79 Å². The Labute approximate surface area is 142 Å². The fourth-order valence-electron chi connectivity index (χ4n) is 2.43. The molecule has 0 saturated heterocycles. The third-order valence-electron chi connectivity index (χ3n) is 3.73. The number of carbonyl (C=O) groups is 1. The molecule has 2 atom stereocenters. The number of thioether (sulfide) groups is 1. The molecular weight excluding hydrogens is 306 g/mol. The Kier molecular flexibility index (Phi) is 6.53. The summed E-state index contributed by atoms with van der Waals surface area (Å²) in [6, 6.07) is 17.8. The van der Waals surface area contributed by atoms with Gasteiger partial charge < -0.3 is 10.1 Å². The average Bonchev–Trinajstić information content (AvgIpc) is 2.60. The molecule has 122 valence electrons. The summed E-state index contributed by atoms with van der Waals surface area (Å²) in [5.41, 5.74) is 2.08. The molecule has 1 N–H and O–H groups in total. The van der Waals surface area contributed by atoms with Crippen molar-refractivity contribution in [1.29, 1.82) is 0 Å². The lowest BCUT2D eigenvalue weighted by Crippen LogP contribution is -2.24. The second-order valence-corrected chi connectivity index (χ2v) is 6.57. The predicted molar refractivity (Wildman–Crippen MR) is 98.1 cm³/mol. The quantitative estimate of drug-likeness (QED) is 0.794. The highest BCUT2D eigenvalue weighted by Crippen LogP contribution is 2.30. The molecule has 2 unspecified atom stereocenters. The van der Waals surface area contributed by atoms with Crippen LogP contribution in [0.15, 0.2) is 54.6 Å². The van der Waals surface area contributed by atoms with Crippen LogP contribution in [-0.2, 0) is 4.79 Å². The number of rotatable bonds is 7. The maximum absolute atomic E-state index is 12.4. The molecule has 3 nitrogen and oxygen atoms in total. The first-order valence-corrected chi connectivity index (χ1v) is 8.76. The molecule has 0 aliphatic heterocycles. The Morgan fingerprint density at radius 2 is 1.78 bits per heavy atom. The normalized spacial score (nSPS) is 13.2. The molecule has 2 aromatic rings. The van der Waals surface area contributed by atoms with Gasteiger partial charge in [-0.1, -0.05) is 55.9 Å². The maximum atomic E-state index is 12.4. The van der Waals surface area contributed by atoms with Gasteiger partial charge in [-0.2, -0.15) is 0 Å². The van der Waals surface area contributed by atoms with Crippen LogP contribution in [0.1, 0.15) is 25.5 Å². The van der Waals surface area contributed by atoms with Gasteiger partial charge in [-0.15, -0.1) is 0 Å². The van der Waals surface area contributed by atoms with Gasteiger partial charge in [0, 0.05) is 11.6 Å². The van der Waals surface area contributed by atoms with E-state index in [-0.39, 0.29) is 17.1 Å². The molecule has 0 aliphatic rings. The van der Waals surface area contributed by atoms with Gasteiger partial charge in [0.05, 0.1) is 13.2 Å². The minimum Gasteiger partial charge on any atom is -0.497 e. The molecule has 0 radical (unpaired) electrons. The van der Waals surface area contributed by atoms with Crippen molar-refractivity contribution < 1.29 is 9.53 Å². The minimum absolute atomic E-state index is 0.0591. The summed E-state index contributed by atoms with van der Waals surface area (Å²) in [4.78, 5) is 12.4. The molecule has 23 heavy (non-hydrogen) atoms. The zero-order chi connectivity index (χ0) is 16.7. The summed E-state index contributed by atoms with van der Waals surface area (Å²) in [6.07, 6.45) is 0. The van der Waals surface area contributed by atoms with Crippen LogP contribution in [-0.4, -0.2) is 18.0 Å². The number of benzene rings is 2. The van der Waals surface area contributed by atoms with Crippen molar-refractivity contribution in [2.45, 2.75) is 19.9 Å². The Morgan fingerprint density at radius 3 is 2.35 bits per heavy atom. The number of ether oxygens (including phenoxy) is 1. The summed E-state index contributed by atoms with van der Waals surface area (Å²) in [7, 11) is 1.65. The van der Waals surface area contributed by atoms with Crippen molar-refractivity contribution in [1.82, 2.24) is 0 Å². The van der Waals surface area contributed by atoms with E-state index in [1.807, 2.05) is 56.3 Å². The smallest absolute Gasteiger partial charge is 0.194 e. The lowest BCUT2D eigenvalue weighted by molar-refractivity contribution is -0.114. The first-order chi connectivity index (χ1) is 11.2. The van der Waals surface area contributed by atoms with Crippen LogP contribution in [0, 0.1) is 5.92 Å². The molecule has 0 aliphatic carbocycles. The van der Waals surface area contributed by atoms with Crippen LogP contribution in [0.4, 0.5) is 5.69 Å². The van der Waals surface area contributed by atoms with Crippen molar-refractivity contribution in [3.05, 3.63) is 60.2 Å². The first-order valence-electron chi connectivity index (χ1n) is 7.78. The van der Waals surface area contributed by atoms with E-state index in [0.29, 0.717) is 0 Å². The van der Waals surface area contributed by atoms with Gasteiger partial charge in [-0.05, 0) is 35.6 Å². The van der Waals surface area contributed by atoms with E-state index in [2.05, 4.69) is 17.4 Å². The molecular formula is C19H23NO2S. The van der Waals surface area contributed by atoms with E-state index in [1.54, 1.807) is 7.11 Å². The zero-order valence-electron chi connectivity index (χ0n) is 13.8. The predicted octanol–water partition coefficient (Wildman–Crippen LogP) is 4.76. The van der Waals surface area contributed by atoms with Crippen LogP contribution in [0.25, 0.3) is 0 Å². The fraction of sp³-hybridized carbons (Fsp3) is 0.316. The van der Waals surface area contributed by atoms with E-state index in [4.69, 9.17) is 4.74 Å². The number of hydrogen-bond acceptors (Lipinski definition) is 4. The van der Waals surface area contributed by atoms with Crippen LogP contribution in [0.5, 0.6) is 5.75 Å². The van der Waals surface area contributed by atoms with Gasteiger partial charge in [0.1, 0.15) is 5.75 Å². The molecule has 0 amide bonds. The molecule has 4 heteroatoms. The van der Waals surface area contributed by atoms with Crippen LogP contribution in [0.3, 0.4) is 0 Å². The molecule has 2 rings (SSSR count). The van der Waals surface area contributed by atoms with Crippen molar-refractivity contribution >= 4 is 22.6 Å². The number of carbonyl (C=O) groups excluding carboxylic acids is 1. The number of anilines is 1. The molecule has 0 spiro atoms. The summed E-state index contributed by atoms with van der Waals surface area (Å²) in [5, 5.41) is 3.71. The van der Waals surface area contributed by atoms with Gasteiger partial charge in [-0.3, -0.25) is 4.79 Å². The van der Waals surface area contributed by atoms with Crippen molar-refractivity contribution in [3.63, 3.8) is 0 Å². The number of methoxy groups -OCH3 is 1. The van der Waals surface area contributed by atoms with Gasteiger partial charge in [0.15, 0.2) is 5.12 Å². The molecule has 2 aromatic carbocycles.